The second-order valence-electron chi connectivity index (χ2n) is 4.26. The summed E-state index contributed by atoms with van der Waals surface area (Å²) in [5.74, 6) is -0.497. The Morgan fingerprint density at radius 1 is 1.41 bits per heavy atom. The summed E-state index contributed by atoms with van der Waals surface area (Å²) in [6, 6.07) is 0.0135. The van der Waals surface area contributed by atoms with Crippen molar-refractivity contribution in [1.82, 2.24) is 5.32 Å². The van der Waals surface area contributed by atoms with Crippen LogP contribution in [0.4, 0.5) is 8.78 Å². The molecule has 1 unspecified atom stereocenters. The lowest BCUT2D eigenvalue weighted by Crippen LogP contribution is -2.56. The Labute approximate surface area is 101 Å². The average molecular weight is 253 g/mol. The van der Waals surface area contributed by atoms with Crippen LogP contribution in [0.2, 0.25) is 0 Å². The molecule has 102 valence electrons. The van der Waals surface area contributed by atoms with Gasteiger partial charge in [0.1, 0.15) is 12.1 Å². The minimum absolute atomic E-state index is 0.0135. The third-order valence-electron chi connectivity index (χ3n) is 1.97. The minimum Gasteiger partial charge on any atom is -0.465 e. The van der Waals surface area contributed by atoms with Gasteiger partial charge in [0.05, 0.1) is 13.2 Å². The van der Waals surface area contributed by atoms with Gasteiger partial charge >= 0.3 is 5.97 Å². The van der Waals surface area contributed by atoms with Gasteiger partial charge < -0.3 is 9.47 Å². The molecule has 0 fully saturated rings. The van der Waals surface area contributed by atoms with Gasteiger partial charge in [-0.05, 0) is 27.7 Å². The molecule has 1 atom stereocenters. The van der Waals surface area contributed by atoms with Gasteiger partial charge in [0, 0.05) is 6.04 Å². The quantitative estimate of drug-likeness (QED) is 0.667. The molecule has 0 spiro atoms. The predicted molar refractivity (Wildman–Crippen MR) is 60.1 cm³/mol. The number of carbonyl (C=O) groups excluding carboxylic acids is 1. The van der Waals surface area contributed by atoms with E-state index in [-0.39, 0.29) is 19.3 Å². The van der Waals surface area contributed by atoms with Gasteiger partial charge in [0.15, 0.2) is 0 Å². The van der Waals surface area contributed by atoms with E-state index in [2.05, 4.69) is 5.32 Å². The van der Waals surface area contributed by atoms with E-state index in [0.717, 1.165) is 0 Å². The Hall–Kier alpha value is -0.750. The first-order chi connectivity index (χ1) is 7.81. The fraction of sp³-hybridized carbons (Fsp3) is 0.909. The zero-order valence-electron chi connectivity index (χ0n) is 10.8. The lowest BCUT2D eigenvalue weighted by molar-refractivity contribution is -0.154. The summed E-state index contributed by atoms with van der Waals surface area (Å²) < 4.78 is 33.6. The molecule has 0 heterocycles. The molecule has 0 amide bonds. The van der Waals surface area contributed by atoms with Crippen molar-refractivity contribution < 1.29 is 23.0 Å². The van der Waals surface area contributed by atoms with Gasteiger partial charge in [-0.3, -0.25) is 5.32 Å². The molecule has 0 rings (SSSR count). The van der Waals surface area contributed by atoms with E-state index in [4.69, 9.17) is 9.47 Å². The number of esters is 1. The van der Waals surface area contributed by atoms with Gasteiger partial charge in [0.25, 0.3) is 6.43 Å². The van der Waals surface area contributed by atoms with Crippen LogP contribution in [-0.2, 0) is 14.3 Å². The molecule has 0 radical (unpaired) electrons. The number of hydrogen-bond acceptors (Lipinski definition) is 4. The lowest BCUT2D eigenvalue weighted by atomic mass is 10.0. The second kappa shape index (κ2) is 7.55. The Kier molecular flexibility index (Phi) is 7.22. The van der Waals surface area contributed by atoms with Crippen molar-refractivity contribution >= 4 is 5.97 Å². The standard InChI is InChI=1S/C11H21F2NO3/c1-5-17-10(15)11(4,14-8(2)3)7-16-6-9(12)13/h8-9,14H,5-7H2,1-4H3. The zero-order chi connectivity index (χ0) is 13.5. The molecule has 0 saturated carbocycles. The van der Waals surface area contributed by atoms with Gasteiger partial charge in [-0.2, -0.15) is 0 Å². The van der Waals surface area contributed by atoms with Crippen molar-refractivity contribution in [1.29, 1.82) is 0 Å². The number of hydrogen-bond donors (Lipinski definition) is 1. The Morgan fingerprint density at radius 3 is 2.41 bits per heavy atom. The summed E-state index contributed by atoms with van der Waals surface area (Å²) in [7, 11) is 0. The second-order valence-corrected chi connectivity index (χ2v) is 4.26. The van der Waals surface area contributed by atoms with Gasteiger partial charge in [0.2, 0.25) is 0 Å². The first-order valence-electron chi connectivity index (χ1n) is 5.62. The highest BCUT2D eigenvalue weighted by Gasteiger charge is 2.35. The largest absolute Gasteiger partial charge is 0.465 e. The van der Waals surface area contributed by atoms with Crippen LogP contribution in [-0.4, -0.2) is 43.8 Å². The van der Waals surface area contributed by atoms with E-state index in [1.54, 1.807) is 13.8 Å². The summed E-state index contributed by atoms with van der Waals surface area (Å²) >= 11 is 0. The van der Waals surface area contributed by atoms with Gasteiger partial charge in [-0.25, -0.2) is 13.6 Å². The SMILES string of the molecule is CCOC(=O)C(C)(COCC(F)F)NC(C)C. The third kappa shape index (κ3) is 6.53. The Balaban J connectivity index is 4.43. The highest BCUT2D eigenvalue weighted by atomic mass is 19.3. The Bertz CT molecular complexity index is 237. The van der Waals surface area contributed by atoms with E-state index < -0.39 is 24.5 Å². The molecule has 0 bridgehead atoms. The topological polar surface area (TPSA) is 47.6 Å². The molecule has 0 aliphatic rings. The average Bonchev–Trinajstić information content (AvgIpc) is 2.16. The van der Waals surface area contributed by atoms with E-state index in [1.165, 1.54) is 0 Å². The van der Waals surface area contributed by atoms with Crippen LogP contribution in [0, 0.1) is 0 Å². The molecule has 0 aromatic carbocycles. The number of ether oxygens (including phenoxy) is 2. The normalized spacial score (nSPS) is 15.1. The third-order valence-corrected chi connectivity index (χ3v) is 1.97. The van der Waals surface area contributed by atoms with Crippen molar-refractivity contribution in [3.05, 3.63) is 0 Å². The van der Waals surface area contributed by atoms with Crippen LogP contribution < -0.4 is 5.32 Å². The van der Waals surface area contributed by atoms with Crippen LogP contribution in [0.25, 0.3) is 0 Å². The minimum atomic E-state index is -2.54. The van der Waals surface area contributed by atoms with Crippen LogP contribution in [0.3, 0.4) is 0 Å². The fourth-order valence-corrected chi connectivity index (χ4v) is 1.44. The number of alkyl halides is 2. The number of rotatable bonds is 8. The number of halogens is 2. The Morgan fingerprint density at radius 2 is 2.00 bits per heavy atom. The summed E-state index contributed by atoms with van der Waals surface area (Å²) in [6.45, 7) is 6.38. The molecule has 4 nitrogen and oxygen atoms in total. The van der Waals surface area contributed by atoms with Gasteiger partial charge in [-0.1, -0.05) is 0 Å². The van der Waals surface area contributed by atoms with Crippen LogP contribution >= 0.6 is 0 Å². The molecule has 0 saturated heterocycles. The molecule has 0 aromatic rings. The summed E-state index contributed by atoms with van der Waals surface area (Å²) in [6.07, 6.45) is -2.54. The molecular weight excluding hydrogens is 232 g/mol. The first-order valence-corrected chi connectivity index (χ1v) is 5.62. The molecule has 17 heavy (non-hydrogen) atoms. The summed E-state index contributed by atoms with van der Waals surface area (Å²) in [5.41, 5.74) is -1.10. The van der Waals surface area contributed by atoms with Crippen molar-refractivity contribution in [3.63, 3.8) is 0 Å². The molecule has 1 N–H and O–H groups in total. The van der Waals surface area contributed by atoms with Crippen molar-refractivity contribution in [2.24, 2.45) is 0 Å². The zero-order valence-corrected chi connectivity index (χ0v) is 10.8. The highest BCUT2D eigenvalue weighted by Crippen LogP contribution is 2.10. The molecular formula is C11H21F2NO3. The maximum atomic E-state index is 12.0. The summed E-state index contributed by atoms with van der Waals surface area (Å²) in [5, 5.41) is 2.97. The smallest absolute Gasteiger partial charge is 0.328 e. The lowest BCUT2D eigenvalue weighted by Gasteiger charge is -2.30. The van der Waals surface area contributed by atoms with Crippen LogP contribution in [0.5, 0.6) is 0 Å². The van der Waals surface area contributed by atoms with E-state index >= 15 is 0 Å². The van der Waals surface area contributed by atoms with Crippen LogP contribution in [0.1, 0.15) is 27.7 Å². The molecule has 6 heteroatoms. The van der Waals surface area contributed by atoms with Crippen LogP contribution in [0.15, 0.2) is 0 Å². The molecule has 0 aliphatic heterocycles. The summed E-state index contributed by atoms with van der Waals surface area (Å²) in [4.78, 5) is 11.7. The van der Waals surface area contributed by atoms with Gasteiger partial charge in [-0.15, -0.1) is 0 Å². The van der Waals surface area contributed by atoms with Crippen molar-refractivity contribution in [2.75, 3.05) is 19.8 Å². The van der Waals surface area contributed by atoms with Crippen molar-refractivity contribution in [2.45, 2.75) is 45.7 Å². The van der Waals surface area contributed by atoms with E-state index in [9.17, 15) is 13.6 Å². The number of carbonyl (C=O) groups is 1. The maximum absolute atomic E-state index is 12.0. The first kappa shape index (κ1) is 16.2. The molecule has 0 aliphatic carbocycles. The monoisotopic (exact) mass is 253 g/mol. The fourth-order valence-electron chi connectivity index (χ4n) is 1.44. The predicted octanol–water partition coefficient (Wildman–Crippen LogP) is 1.59. The maximum Gasteiger partial charge on any atom is 0.328 e. The number of nitrogens with one attached hydrogen (secondary N) is 1. The van der Waals surface area contributed by atoms with Crippen molar-refractivity contribution in [3.8, 4) is 0 Å². The highest BCUT2D eigenvalue weighted by molar-refractivity contribution is 5.80. The van der Waals surface area contributed by atoms with E-state index in [0.29, 0.717) is 0 Å². The molecule has 0 aromatic heterocycles. The van der Waals surface area contributed by atoms with E-state index in [1.807, 2.05) is 13.8 Å².